The Hall–Kier alpha value is -2.16. The summed E-state index contributed by atoms with van der Waals surface area (Å²) in [4.78, 5) is 17.5. The van der Waals surface area contributed by atoms with Crippen molar-refractivity contribution in [2.24, 2.45) is 0 Å². The van der Waals surface area contributed by atoms with Gasteiger partial charge in [-0.1, -0.05) is 17.7 Å². The Kier molecular flexibility index (Phi) is 4.70. The number of aromatic amines is 2. The van der Waals surface area contributed by atoms with Crippen LogP contribution in [0.5, 0.6) is 0 Å². The predicted octanol–water partition coefficient (Wildman–Crippen LogP) is 3.78. The molecule has 0 amide bonds. The molecule has 1 aromatic carbocycles. The van der Waals surface area contributed by atoms with Crippen LogP contribution in [0.15, 0.2) is 43.0 Å². The molecule has 2 heterocycles. The molecule has 0 saturated carbocycles. The van der Waals surface area contributed by atoms with Crippen LogP contribution in [0.4, 0.5) is 0 Å². The standard InChI is InChI=1S/C15H13ClN4O2S2/c16-11-2-1-9(7-10(11)8-19-5-3-17-14(19)23)12(13(21)22)20-6-4-18-15(20)24/h1-7,12H,8H2,(H,17,23)(H,18,24)(H,21,22). The number of nitrogens with zero attached hydrogens (tertiary/aromatic N) is 2. The van der Waals surface area contributed by atoms with Gasteiger partial charge in [0.1, 0.15) is 0 Å². The zero-order valence-electron chi connectivity index (χ0n) is 12.3. The van der Waals surface area contributed by atoms with Crippen molar-refractivity contribution in [3.05, 3.63) is 68.7 Å². The van der Waals surface area contributed by atoms with Gasteiger partial charge in [-0.3, -0.25) is 0 Å². The van der Waals surface area contributed by atoms with Crippen molar-refractivity contribution in [1.29, 1.82) is 0 Å². The minimum Gasteiger partial charge on any atom is -0.479 e. The maximum atomic E-state index is 11.8. The van der Waals surface area contributed by atoms with Crippen LogP contribution < -0.4 is 0 Å². The van der Waals surface area contributed by atoms with Crippen LogP contribution in [0.3, 0.4) is 0 Å². The Bertz CT molecular complexity index is 1000. The number of hydrogen-bond acceptors (Lipinski definition) is 3. The topological polar surface area (TPSA) is 78.7 Å². The van der Waals surface area contributed by atoms with Gasteiger partial charge in [-0.15, -0.1) is 0 Å². The third-order valence-electron chi connectivity index (χ3n) is 3.64. The number of hydrogen-bond donors (Lipinski definition) is 3. The number of nitrogens with one attached hydrogen (secondary N) is 2. The lowest BCUT2D eigenvalue weighted by Crippen LogP contribution is -2.20. The molecule has 24 heavy (non-hydrogen) atoms. The molecule has 3 rings (SSSR count). The van der Waals surface area contributed by atoms with E-state index >= 15 is 0 Å². The number of imidazole rings is 2. The molecular weight excluding hydrogens is 368 g/mol. The van der Waals surface area contributed by atoms with Crippen molar-refractivity contribution >= 4 is 42.0 Å². The quantitative estimate of drug-likeness (QED) is 0.588. The summed E-state index contributed by atoms with van der Waals surface area (Å²) in [6, 6.07) is 4.22. The minimum absolute atomic E-state index is 0.340. The lowest BCUT2D eigenvalue weighted by molar-refractivity contribution is -0.139. The van der Waals surface area contributed by atoms with E-state index in [1.54, 1.807) is 36.8 Å². The zero-order valence-corrected chi connectivity index (χ0v) is 14.7. The van der Waals surface area contributed by atoms with E-state index in [2.05, 4.69) is 9.97 Å². The van der Waals surface area contributed by atoms with E-state index in [1.165, 1.54) is 4.57 Å². The molecule has 0 aliphatic heterocycles. The van der Waals surface area contributed by atoms with E-state index in [0.717, 1.165) is 5.56 Å². The molecule has 3 aromatic rings. The molecule has 6 nitrogen and oxygen atoms in total. The van der Waals surface area contributed by atoms with Crippen molar-refractivity contribution in [3.63, 3.8) is 0 Å². The number of rotatable bonds is 5. The van der Waals surface area contributed by atoms with Gasteiger partial charge in [0.25, 0.3) is 0 Å². The second-order valence-corrected chi connectivity index (χ2v) is 6.34. The van der Waals surface area contributed by atoms with Crippen LogP contribution in [0, 0.1) is 9.54 Å². The summed E-state index contributed by atoms with van der Waals surface area (Å²) in [5.41, 5.74) is 1.36. The number of aliphatic carboxylic acids is 1. The molecule has 9 heteroatoms. The van der Waals surface area contributed by atoms with Gasteiger partial charge in [0.05, 0.1) is 6.54 Å². The van der Waals surface area contributed by atoms with Crippen LogP contribution in [0.2, 0.25) is 5.02 Å². The molecule has 0 aliphatic carbocycles. The van der Waals surface area contributed by atoms with E-state index in [1.807, 2.05) is 10.8 Å². The number of aromatic nitrogens is 4. The highest BCUT2D eigenvalue weighted by atomic mass is 35.5. The highest BCUT2D eigenvalue weighted by molar-refractivity contribution is 7.71. The van der Waals surface area contributed by atoms with E-state index in [9.17, 15) is 9.90 Å². The van der Waals surface area contributed by atoms with Crippen molar-refractivity contribution in [2.75, 3.05) is 0 Å². The van der Waals surface area contributed by atoms with E-state index in [0.29, 0.717) is 26.7 Å². The Morgan fingerprint density at radius 3 is 2.50 bits per heavy atom. The van der Waals surface area contributed by atoms with Gasteiger partial charge < -0.3 is 24.2 Å². The monoisotopic (exact) mass is 380 g/mol. The maximum absolute atomic E-state index is 11.8. The molecule has 1 unspecified atom stereocenters. The van der Waals surface area contributed by atoms with Gasteiger partial charge in [-0.2, -0.15) is 0 Å². The normalized spacial score (nSPS) is 12.2. The molecule has 0 saturated heterocycles. The summed E-state index contributed by atoms with van der Waals surface area (Å²) in [7, 11) is 0. The molecular formula is C15H13ClN4O2S2. The first-order chi connectivity index (χ1) is 11.5. The van der Waals surface area contributed by atoms with Crippen molar-refractivity contribution < 1.29 is 9.90 Å². The largest absolute Gasteiger partial charge is 0.479 e. The molecule has 0 bridgehead atoms. The average molecular weight is 381 g/mol. The van der Waals surface area contributed by atoms with Crippen molar-refractivity contribution in [3.8, 4) is 0 Å². The second kappa shape index (κ2) is 6.76. The fourth-order valence-corrected chi connectivity index (χ4v) is 3.10. The smallest absolute Gasteiger partial charge is 0.331 e. The summed E-state index contributed by atoms with van der Waals surface area (Å²) < 4.78 is 4.22. The SMILES string of the molecule is O=C(O)C(c1ccc(Cl)c(Cn2cc[nH]c2=S)c1)n1cc[nH]c1=S. The maximum Gasteiger partial charge on any atom is 0.331 e. The van der Waals surface area contributed by atoms with Gasteiger partial charge in [0.15, 0.2) is 15.6 Å². The van der Waals surface area contributed by atoms with Crippen LogP contribution in [0.25, 0.3) is 0 Å². The lowest BCUT2D eigenvalue weighted by atomic mass is 10.0. The first-order valence-electron chi connectivity index (χ1n) is 6.98. The van der Waals surface area contributed by atoms with Crippen LogP contribution in [0.1, 0.15) is 17.2 Å². The number of carboxylic acids is 1. The van der Waals surface area contributed by atoms with Crippen LogP contribution >= 0.6 is 36.0 Å². The first-order valence-corrected chi connectivity index (χ1v) is 8.17. The number of benzene rings is 1. The average Bonchev–Trinajstić information content (AvgIpc) is 3.12. The Labute approximate surface area is 152 Å². The molecule has 2 aromatic heterocycles. The first kappa shape index (κ1) is 16.7. The van der Waals surface area contributed by atoms with Crippen molar-refractivity contribution in [1.82, 2.24) is 19.1 Å². The van der Waals surface area contributed by atoms with Gasteiger partial charge in [-0.05, 0) is 47.7 Å². The third-order valence-corrected chi connectivity index (χ3v) is 4.69. The predicted molar refractivity (Wildman–Crippen MR) is 95.6 cm³/mol. The van der Waals surface area contributed by atoms with E-state index < -0.39 is 12.0 Å². The van der Waals surface area contributed by atoms with Gasteiger partial charge in [0, 0.05) is 29.8 Å². The van der Waals surface area contributed by atoms with Crippen LogP contribution in [-0.2, 0) is 11.3 Å². The summed E-state index contributed by atoms with van der Waals surface area (Å²) in [6.07, 6.45) is 6.76. The Balaban J connectivity index is 2.05. The number of carboxylic acid groups (broad SMARTS) is 1. The number of H-pyrrole nitrogens is 2. The molecule has 0 radical (unpaired) electrons. The summed E-state index contributed by atoms with van der Waals surface area (Å²) in [5, 5.41) is 10.2. The van der Waals surface area contributed by atoms with Gasteiger partial charge in [-0.25, -0.2) is 4.79 Å². The highest BCUT2D eigenvalue weighted by Gasteiger charge is 2.23. The number of carbonyl (C=O) groups is 1. The summed E-state index contributed by atoms with van der Waals surface area (Å²) in [6.45, 7) is 0.444. The zero-order chi connectivity index (χ0) is 17.3. The Morgan fingerprint density at radius 1 is 1.21 bits per heavy atom. The highest BCUT2D eigenvalue weighted by Crippen LogP contribution is 2.25. The summed E-state index contributed by atoms with van der Waals surface area (Å²) >= 11 is 16.6. The van der Waals surface area contributed by atoms with Gasteiger partial charge in [0.2, 0.25) is 0 Å². The summed E-state index contributed by atoms with van der Waals surface area (Å²) in [5.74, 6) is -1.00. The minimum atomic E-state index is -1.00. The van der Waals surface area contributed by atoms with Gasteiger partial charge >= 0.3 is 5.97 Å². The Morgan fingerprint density at radius 2 is 1.92 bits per heavy atom. The molecule has 124 valence electrons. The third kappa shape index (κ3) is 3.21. The fourth-order valence-electron chi connectivity index (χ4n) is 2.50. The lowest BCUT2D eigenvalue weighted by Gasteiger charge is -2.16. The molecule has 0 fully saturated rings. The molecule has 3 N–H and O–H groups in total. The molecule has 0 aliphatic rings. The van der Waals surface area contributed by atoms with E-state index in [-0.39, 0.29) is 0 Å². The van der Waals surface area contributed by atoms with E-state index in [4.69, 9.17) is 36.0 Å². The molecule has 1 atom stereocenters. The van der Waals surface area contributed by atoms with Crippen LogP contribution in [-0.4, -0.2) is 30.2 Å². The second-order valence-electron chi connectivity index (χ2n) is 5.16. The number of halogens is 1. The van der Waals surface area contributed by atoms with Crippen molar-refractivity contribution in [2.45, 2.75) is 12.6 Å². The molecule has 0 spiro atoms. The fraction of sp³-hybridized carbons (Fsp3) is 0.133.